The number of aryl methyl sites for hydroxylation is 1. The molecule has 0 bridgehead atoms. The predicted molar refractivity (Wildman–Crippen MR) is 84.8 cm³/mol. The van der Waals surface area contributed by atoms with Crippen LogP contribution < -0.4 is 10.1 Å². The number of anilines is 1. The molecule has 4 nitrogen and oxygen atoms in total. The molecule has 0 aliphatic rings. The fourth-order valence-corrected chi connectivity index (χ4v) is 1.97. The van der Waals surface area contributed by atoms with Crippen molar-refractivity contribution in [1.82, 2.24) is 9.97 Å². The SMILES string of the molecule is CCCNc1ncc(Br)c(Oc2cc(Cl)ccc2C)n1. The minimum atomic E-state index is 0.462. The van der Waals surface area contributed by atoms with Gasteiger partial charge in [-0.25, -0.2) is 4.98 Å². The first kappa shape index (κ1) is 15.1. The molecule has 20 heavy (non-hydrogen) atoms. The number of aromatic nitrogens is 2. The quantitative estimate of drug-likeness (QED) is 0.834. The lowest BCUT2D eigenvalue weighted by atomic mass is 10.2. The van der Waals surface area contributed by atoms with Crippen LogP contribution in [-0.2, 0) is 0 Å². The first-order chi connectivity index (χ1) is 9.60. The molecule has 0 saturated heterocycles. The van der Waals surface area contributed by atoms with Crippen molar-refractivity contribution in [2.45, 2.75) is 20.3 Å². The molecule has 0 aliphatic carbocycles. The van der Waals surface area contributed by atoms with Gasteiger partial charge in [0.25, 0.3) is 0 Å². The Morgan fingerprint density at radius 3 is 2.95 bits per heavy atom. The summed E-state index contributed by atoms with van der Waals surface area (Å²) in [7, 11) is 0. The number of ether oxygens (including phenoxy) is 1. The van der Waals surface area contributed by atoms with Crippen LogP contribution in [0.25, 0.3) is 0 Å². The van der Waals surface area contributed by atoms with Gasteiger partial charge in [0.15, 0.2) is 0 Å². The largest absolute Gasteiger partial charge is 0.437 e. The molecule has 0 fully saturated rings. The molecule has 0 unspecified atom stereocenters. The number of hydrogen-bond acceptors (Lipinski definition) is 4. The van der Waals surface area contributed by atoms with Crippen LogP contribution >= 0.6 is 27.5 Å². The van der Waals surface area contributed by atoms with E-state index < -0.39 is 0 Å². The Labute approximate surface area is 131 Å². The maximum atomic E-state index is 5.99. The Hall–Kier alpha value is -1.33. The van der Waals surface area contributed by atoms with Crippen LogP contribution in [0.4, 0.5) is 5.95 Å². The van der Waals surface area contributed by atoms with Crippen LogP contribution in [0.5, 0.6) is 11.6 Å². The average molecular weight is 357 g/mol. The van der Waals surface area contributed by atoms with Crippen molar-refractivity contribution in [3.63, 3.8) is 0 Å². The van der Waals surface area contributed by atoms with Gasteiger partial charge in [0.2, 0.25) is 11.8 Å². The maximum absolute atomic E-state index is 5.99. The third kappa shape index (κ3) is 3.84. The topological polar surface area (TPSA) is 47.0 Å². The molecule has 1 aromatic carbocycles. The van der Waals surface area contributed by atoms with E-state index in [0.29, 0.717) is 27.1 Å². The van der Waals surface area contributed by atoms with Crippen molar-refractivity contribution < 1.29 is 4.74 Å². The van der Waals surface area contributed by atoms with Crippen LogP contribution in [0.1, 0.15) is 18.9 Å². The van der Waals surface area contributed by atoms with Gasteiger partial charge in [0.05, 0.1) is 10.7 Å². The van der Waals surface area contributed by atoms with Crippen molar-refractivity contribution in [1.29, 1.82) is 0 Å². The second-order valence-electron chi connectivity index (χ2n) is 4.29. The molecule has 1 aromatic heterocycles. The Bertz CT molecular complexity index is 607. The molecular weight excluding hydrogens is 342 g/mol. The van der Waals surface area contributed by atoms with Gasteiger partial charge < -0.3 is 10.1 Å². The van der Waals surface area contributed by atoms with Gasteiger partial charge in [-0.05, 0) is 47.0 Å². The Kier molecular flexibility index (Phi) is 5.20. The summed E-state index contributed by atoms with van der Waals surface area (Å²) in [6.07, 6.45) is 2.67. The summed E-state index contributed by atoms with van der Waals surface area (Å²) in [6, 6.07) is 5.50. The van der Waals surface area contributed by atoms with E-state index >= 15 is 0 Å². The van der Waals surface area contributed by atoms with E-state index in [-0.39, 0.29) is 0 Å². The highest BCUT2D eigenvalue weighted by molar-refractivity contribution is 9.10. The fourth-order valence-electron chi connectivity index (χ4n) is 1.53. The molecule has 0 amide bonds. The summed E-state index contributed by atoms with van der Waals surface area (Å²) < 4.78 is 6.51. The lowest BCUT2D eigenvalue weighted by molar-refractivity contribution is 0.455. The van der Waals surface area contributed by atoms with Crippen LogP contribution in [-0.4, -0.2) is 16.5 Å². The van der Waals surface area contributed by atoms with Crippen LogP contribution in [0.15, 0.2) is 28.9 Å². The number of rotatable bonds is 5. The Balaban J connectivity index is 2.25. The summed E-state index contributed by atoms with van der Waals surface area (Å²) in [5.41, 5.74) is 0.989. The molecule has 1 heterocycles. The fraction of sp³-hybridized carbons (Fsp3) is 0.286. The van der Waals surface area contributed by atoms with E-state index in [4.69, 9.17) is 16.3 Å². The molecule has 106 valence electrons. The zero-order valence-electron chi connectivity index (χ0n) is 11.3. The maximum Gasteiger partial charge on any atom is 0.238 e. The number of nitrogens with one attached hydrogen (secondary N) is 1. The monoisotopic (exact) mass is 355 g/mol. The van der Waals surface area contributed by atoms with E-state index in [1.165, 1.54) is 0 Å². The van der Waals surface area contributed by atoms with E-state index in [9.17, 15) is 0 Å². The molecule has 0 aliphatic heterocycles. The normalized spacial score (nSPS) is 10.4. The zero-order valence-corrected chi connectivity index (χ0v) is 13.6. The Morgan fingerprint density at radius 2 is 2.20 bits per heavy atom. The van der Waals surface area contributed by atoms with E-state index in [1.807, 2.05) is 19.1 Å². The van der Waals surface area contributed by atoms with E-state index in [1.54, 1.807) is 12.3 Å². The van der Waals surface area contributed by atoms with Gasteiger partial charge in [-0.1, -0.05) is 24.6 Å². The van der Waals surface area contributed by atoms with Crippen molar-refractivity contribution in [3.05, 3.63) is 39.5 Å². The van der Waals surface area contributed by atoms with Gasteiger partial charge in [0.1, 0.15) is 5.75 Å². The highest BCUT2D eigenvalue weighted by atomic mass is 79.9. The standard InChI is InChI=1S/C14H15BrClN3O/c1-3-6-17-14-18-8-11(15)13(19-14)20-12-7-10(16)5-4-9(12)2/h4-5,7-8H,3,6H2,1-2H3,(H,17,18,19). The number of benzene rings is 1. The van der Waals surface area contributed by atoms with Crippen molar-refractivity contribution in [3.8, 4) is 11.6 Å². The molecule has 2 aromatic rings. The van der Waals surface area contributed by atoms with Crippen molar-refractivity contribution in [2.24, 2.45) is 0 Å². The third-order valence-corrected chi connectivity index (χ3v) is 3.38. The summed E-state index contributed by atoms with van der Waals surface area (Å²) in [5.74, 6) is 1.69. The molecular formula is C14H15BrClN3O. The average Bonchev–Trinajstić information content (AvgIpc) is 2.43. The van der Waals surface area contributed by atoms with Crippen LogP contribution in [0.3, 0.4) is 0 Å². The first-order valence-corrected chi connectivity index (χ1v) is 7.47. The summed E-state index contributed by atoms with van der Waals surface area (Å²) in [4.78, 5) is 8.52. The van der Waals surface area contributed by atoms with Crippen molar-refractivity contribution in [2.75, 3.05) is 11.9 Å². The number of nitrogens with zero attached hydrogens (tertiary/aromatic N) is 2. The van der Waals surface area contributed by atoms with Gasteiger partial charge in [0, 0.05) is 11.6 Å². The summed E-state index contributed by atoms with van der Waals surface area (Å²) in [6.45, 7) is 4.85. The van der Waals surface area contributed by atoms with E-state index in [0.717, 1.165) is 18.5 Å². The van der Waals surface area contributed by atoms with Crippen molar-refractivity contribution >= 4 is 33.5 Å². The number of hydrogen-bond donors (Lipinski definition) is 1. The molecule has 2 rings (SSSR count). The first-order valence-electron chi connectivity index (χ1n) is 6.30. The lowest BCUT2D eigenvalue weighted by Gasteiger charge is -2.11. The number of halogens is 2. The predicted octanol–water partition coefficient (Wildman–Crippen LogP) is 4.82. The second-order valence-corrected chi connectivity index (χ2v) is 5.58. The highest BCUT2D eigenvalue weighted by Gasteiger charge is 2.09. The molecule has 1 N–H and O–H groups in total. The summed E-state index contributed by atoms with van der Waals surface area (Å²) in [5, 5.41) is 3.75. The van der Waals surface area contributed by atoms with Gasteiger partial charge in [-0.3, -0.25) is 0 Å². The van der Waals surface area contributed by atoms with Crippen LogP contribution in [0.2, 0.25) is 5.02 Å². The van der Waals surface area contributed by atoms with Crippen LogP contribution in [0, 0.1) is 6.92 Å². The van der Waals surface area contributed by atoms with Gasteiger partial charge in [-0.15, -0.1) is 0 Å². The smallest absolute Gasteiger partial charge is 0.238 e. The second kappa shape index (κ2) is 6.90. The minimum absolute atomic E-state index is 0.462. The zero-order chi connectivity index (χ0) is 14.5. The third-order valence-electron chi connectivity index (χ3n) is 2.60. The lowest BCUT2D eigenvalue weighted by Crippen LogP contribution is -2.05. The highest BCUT2D eigenvalue weighted by Crippen LogP contribution is 2.31. The molecule has 0 spiro atoms. The van der Waals surface area contributed by atoms with Gasteiger partial charge >= 0.3 is 0 Å². The van der Waals surface area contributed by atoms with E-state index in [2.05, 4.69) is 38.1 Å². The van der Waals surface area contributed by atoms with Gasteiger partial charge in [-0.2, -0.15) is 4.98 Å². The molecule has 0 saturated carbocycles. The molecule has 0 atom stereocenters. The molecule has 0 radical (unpaired) electrons. The Morgan fingerprint density at radius 1 is 1.40 bits per heavy atom. The summed E-state index contributed by atoms with van der Waals surface area (Å²) >= 11 is 9.37. The minimum Gasteiger partial charge on any atom is -0.437 e. The molecule has 6 heteroatoms.